The molecule has 1 aliphatic rings. The van der Waals surface area contributed by atoms with Crippen molar-refractivity contribution in [3.05, 3.63) is 35.6 Å². The minimum atomic E-state index is -0.956. The summed E-state index contributed by atoms with van der Waals surface area (Å²) in [5.41, 5.74) is -0.155. The van der Waals surface area contributed by atoms with Gasteiger partial charge >= 0.3 is 5.97 Å². The van der Waals surface area contributed by atoms with E-state index in [0.717, 1.165) is 25.3 Å². The van der Waals surface area contributed by atoms with Crippen molar-refractivity contribution in [3.63, 3.8) is 0 Å². The summed E-state index contributed by atoms with van der Waals surface area (Å²) in [4.78, 5) is 35.8. The fraction of sp³-hybridized carbons (Fsp3) is 0.526. The Hall–Kier alpha value is -2.44. The zero-order chi connectivity index (χ0) is 19.1. The van der Waals surface area contributed by atoms with Gasteiger partial charge in [0.2, 0.25) is 0 Å². The molecular weight excluding hydrogens is 339 g/mol. The molecule has 1 saturated carbocycles. The van der Waals surface area contributed by atoms with Crippen LogP contribution in [0, 0.1) is 11.7 Å². The molecule has 0 bridgehead atoms. The minimum Gasteiger partial charge on any atom is -0.451 e. The fourth-order valence-corrected chi connectivity index (χ4v) is 3.02. The zero-order valence-electron chi connectivity index (χ0n) is 15.1. The number of hydrogen-bond acceptors (Lipinski definition) is 4. The Bertz CT molecular complexity index is 665. The van der Waals surface area contributed by atoms with Gasteiger partial charge in [-0.15, -0.1) is 0 Å². The highest BCUT2D eigenvalue weighted by atomic mass is 19.1. The number of halogens is 1. The van der Waals surface area contributed by atoms with Crippen LogP contribution in [0.4, 0.5) is 4.39 Å². The number of nitrogens with one attached hydrogen (secondary N) is 2. The first-order valence-corrected chi connectivity index (χ1v) is 8.91. The van der Waals surface area contributed by atoms with Crippen LogP contribution < -0.4 is 10.6 Å². The van der Waals surface area contributed by atoms with Gasteiger partial charge in [-0.05, 0) is 37.8 Å². The van der Waals surface area contributed by atoms with E-state index in [1.54, 1.807) is 0 Å². The third-order valence-corrected chi connectivity index (χ3v) is 4.63. The molecule has 0 unspecified atom stereocenters. The van der Waals surface area contributed by atoms with Gasteiger partial charge in [-0.2, -0.15) is 0 Å². The van der Waals surface area contributed by atoms with E-state index in [1.165, 1.54) is 31.5 Å². The summed E-state index contributed by atoms with van der Waals surface area (Å²) >= 11 is 0. The molecule has 1 aliphatic carbocycles. The lowest BCUT2D eigenvalue weighted by atomic mass is 9.86. The lowest BCUT2D eigenvalue weighted by molar-refractivity contribution is -0.154. The van der Waals surface area contributed by atoms with Crippen LogP contribution in [0.25, 0.3) is 0 Å². The monoisotopic (exact) mass is 364 g/mol. The first kappa shape index (κ1) is 19.9. The Morgan fingerprint density at radius 2 is 1.92 bits per heavy atom. The molecule has 0 saturated heterocycles. The van der Waals surface area contributed by atoms with E-state index in [9.17, 15) is 18.8 Å². The van der Waals surface area contributed by atoms with Crippen molar-refractivity contribution in [1.29, 1.82) is 0 Å². The average molecular weight is 364 g/mol. The van der Waals surface area contributed by atoms with E-state index in [1.807, 2.05) is 0 Å². The molecule has 0 spiro atoms. The van der Waals surface area contributed by atoms with E-state index in [-0.39, 0.29) is 17.5 Å². The summed E-state index contributed by atoms with van der Waals surface area (Å²) < 4.78 is 18.6. The quantitative estimate of drug-likeness (QED) is 0.758. The van der Waals surface area contributed by atoms with Crippen LogP contribution in [0.1, 0.15) is 49.9 Å². The smallest absolute Gasteiger partial charge is 0.326 e. The Balaban J connectivity index is 1.76. The Kier molecular flexibility index (Phi) is 7.12. The van der Waals surface area contributed by atoms with Crippen molar-refractivity contribution in [3.8, 4) is 0 Å². The number of benzene rings is 1. The van der Waals surface area contributed by atoms with Crippen molar-refractivity contribution in [2.45, 2.75) is 51.7 Å². The van der Waals surface area contributed by atoms with E-state index in [0.29, 0.717) is 5.92 Å². The van der Waals surface area contributed by atoms with Crippen LogP contribution in [0.3, 0.4) is 0 Å². The zero-order valence-corrected chi connectivity index (χ0v) is 15.1. The Morgan fingerprint density at radius 1 is 1.23 bits per heavy atom. The number of carbonyl (C=O) groups excluding carboxylic acids is 3. The van der Waals surface area contributed by atoms with Gasteiger partial charge in [-0.25, -0.2) is 4.39 Å². The molecule has 1 fully saturated rings. The molecule has 7 heteroatoms. The van der Waals surface area contributed by atoms with Crippen LogP contribution in [0.2, 0.25) is 0 Å². The maximum absolute atomic E-state index is 13.5. The Morgan fingerprint density at radius 3 is 2.62 bits per heavy atom. The largest absolute Gasteiger partial charge is 0.451 e. The van der Waals surface area contributed by atoms with Gasteiger partial charge in [0.15, 0.2) is 6.10 Å². The SMILES string of the molecule is C[C@@H](OC(=O)CNC(=O)c1ccccc1F)C(=O)N[C@@H]1CCCC[C@@H]1C. The molecule has 26 heavy (non-hydrogen) atoms. The molecule has 3 atom stereocenters. The minimum absolute atomic E-state index is 0.0955. The van der Waals surface area contributed by atoms with Crippen LogP contribution in [-0.4, -0.2) is 36.5 Å². The number of esters is 1. The molecule has 2 rings (SSSR count). The summed E-state index contributed by atoms with van der Waals surface area (Å²) in [5.74, 6) is -2.09. The fourth-order valence-electron chi connectivity index (χ4n) is 3.02. The van der Waals surface area contributed by atoms with Crippen molar-refractivity contribution in [2.24, 2.45) is 5.92 Å². The maximum Gasteiger partial charge on any atom is 0.326 e. The molecular formula is C19H25FN2O4. The average Bonchev–Trinajstić information content (AvgIpc) is 2.62. The molecule has 0 aliphatic heterocycles. The maximum atomic E-state index is 13.5. The number of carbonyl (C=O) groups is 3. The molecule has 0 aromatic heterocycles. The second kappa shape index (κ2) is 9.31. The highest BCUT2D eigenvalue weighted by Crippen LogP contribution is 2.23. The van der Waals surface area contributed by atoms with Gasteiger partial charge in [0, 0.05) is 6.04 Å². The molecule has 1 aromatic carbocycles. The van der Waals surface area contributed by atoms with E-state index in [4.69, 9.17) is 4.74 Å². The molecule has 6 nitrogen and oxygen atoms in total. The van der Waals surface area contributed by atoms with Crippen LogP contribution in [-0.2, 0) is 14.3 Å². The van der Waals surface area contributed by atoms with Crippen LogP contribution in [0.15, 0.2) is 24.3 Å². The number of rotatable bonds is 6. The van der Waals surface area contributed by atoms with Crippen LogP contribution >= 0.6 is 0 Å². The molecule has 0 heterocycles. The van der Waals surface area contributed by atoms with Gasteiger partial charge in [0.1, 0.15) is 12.4 Å². The predicted molar refractivity (Wildman–Crippen MR) is 93.8 cm³/mol. The highest BCUT2D eigenvalue weighted by Gasteiger charge is 2.26. The summed E-state index contributed by atoms with van der Waals surface area (Å²) in [7, 11) is 0. The van der Waals surface area contributed by atoms with E-state index in [2.05, 4.69) is 17.6 Å². The summed E-state index contributed by atoms with van der Waals surface area (Å²) in [6.07, 6.45) is 3.28. The van der Waals surface area contributed by atoms with E-state index < -0.39 is 30.3 Å². The lowest BCUT2D eigenvalue weighted by Gasteiger charge is -2.30. The molecule has 142 valence electrons. The van der Waals surface area contributed by atoms with Crippen LogP contribution in [0.5, 0.6) is 0 Å². The third-order valence-electron chi connectivity index (χ3n) is 4.63. The summed E-state index contributed by atoms with van der Waals surface area (Å²) in [6, 6.07) is 5.56. The first-order valence-electron chi connectivity index (χ1n) is 8.91. The third kappa shape index (κ3) is 5.54. The molecule has 2 N–H and O–H groups in total. The number of hydrogen-bond donors (Lipinski definition) is 2. The second-order valence-electron chi connectivity index (χ2n) is 6.67. The van der Waals surface area contributed by atoms with Crippen molar-refractivity contribution >= 4 is 17.8 Å². The van der Waals surface area contributed by atoms with Gasteiger partial charge in [-0.1, -0.05) is 31.9 Å². The van der Waals surface area contributed by atoms with Crippen molar-refractivity contribution in [2.75, 3.05) is 6.54 Å². The standard InChI is InChI=1S/C19H25FN2O4/c1-12-7-3-6-10-16(12)22-18(24)13(2)26-17(23)11-21-19(25)14-8-4-5-9-15(14)20/h4-5,8-9,12-13,16H,3,6-7,10-11H2,1-2H3,(H,21,25)(H,22,24)/t12-,13+,16+/m0/s1. The van der Waals surface area contributed by atoms with Crippen molar-refractivity contribution < 1.29 is 23.5 Å². The number of amides is 2. The first-order chi connectivity index (χ1) is 12.4. The normalized spacial score (nSPS) is 20.7. The molecule has 2 amide bonds. The predicted octanol–water partition coefficient (Wildman–Crippen LogP) is 2.18. The van der Waals surface area contributed by atoms with Gasteiger partial charge < -0.3 is 15.4 Å². The second-order valence-corrected chi connectivity index (χ2v) is 6.67. The van der Waals surface area contributed by atoms with Gasteiger partial charge in [0.05, 0.1) is 5.56 Å². The van der Waals surface area contributed by atoms with Crippen molar-refractivity contribution in [1.82, 2.24) is 10.6 Å². The summed E-state index contributed by atoms with van der Waals surface area (Å²) in [5, 5.41) is 5.21. The lowest BCUT2D eigenvalue weighted by Crippen LogP contribution is -2.46. The van der Waals surface area contributed by atoms with E-state index >= 15 is 0 Å². The van der Waals surface area contributed by atoms with Gasteiger partial charge in [-0.3, -0.25) is 14.4 Å². The highest BCUT2D eigenvalue weighted by molar-refractivity contribution is 5.96. The molecule has 0 radical (unpaired) electrons. The molecule has 1 aromatic rings. The summed E-state index contributed by atoms with van der Waals surface area (Å²) in [6.45, 7) is 3.14. The van der Waals surface area contributed by atoms with Gasteiger partial charge in [0.25, 0.3) is 11.8 Å². The Labute approximate surface area is 152 Å². The number of ether oxygens (including phenoxy) is 1. The topological polar surface area (TPSA) is 84.5 Å².